The van der Waals surface area contributed by atoms with Crippen LogP contribution >= 0.6 is 11.6 Å². The Morgan fingerprint density at radius 1 is 1.30 bits per heavy atom. The topological polar surface area (TPSA) is 37.8 Å². The fraction of sp³-hybridized carbons (Fsp3) is 0.333. The van der Waals surface area contributed by atoms with Gasteiger partial charge in [-0.05, 0) is 30.9 Å². The smallest absolute Gasteiger partial charge is 0.145 e. The molecule has 0 bridgehead atoms. The summed E-state index contributed by atoms with van der Waals surface area (Å²) in [4.78, 5) is 9.06. The lowest BCUT2D eigenvalue weighted by Crippen LogP contribution is -2.07. The number of benzene rings is 1. The van der Waals surface area contributed by atoms with Crippen LogP contribution in [0.2, 0.25) is 5.02 Å². The molecule has 5 heteroatoms. The fourth-order valence-electron chi connectivity index (χ4n) is 2.62. The fourth-order valence-corrected chi connectivity index (χ4v) is 2.82. The van der Waals surface area contributed by atoms with E-state index in [1.807, 2.05) is 7.05 Å². The summed E-state index contributed by atoms with van der Waals surface area (Å²) in [5.74, 6) is 1.12. The zero-order chi connectivity index (χ0) is 14.1. The molecule has 104 valence electrons. The van der Waals surface area contributed by atoms with Gasteiger partial charge in [-0.25, -0.2) is 14.4 Å². The van der Waals surface area contributed by atoms with Crippen LogP contribution in [0.1, 0.15) is 29.1 Å². The molecule has 1 aliphatic carbocycles. The molecule has 2 aromatic rings. The molecule has 0 aliphatic heterocycles. The first-order chi connectivity index (χ1) is 9.69. The van der Waals surface area contributed by atoms with Gasteiger partial charge in [0.25, 0.3) is 0 Å². The van der Waals surface area contributed by atoms with E-state index in [0.717, 1.165) is 30.8 Å². The van der Waals surface area contributed by atoms with Gasteiger partial charge in [0.2, 0.25) is 0 Å². The number of nitrogens with zero attached hydrogens (tertiary/aromatic N) is 2. The third kappa shape index (κ3) is 2.36. The summed E-state index contributed by atoms with van der Waals surface area (Å²) in [6, 6.07) is 5.01. The molecular weight excluding hydrogens is 277 g/mol. The van der Waals surface area contributed by atoms with E-state index < -0.39 is 0 Å². The first kappa shape index (κ1) is 13.3. The SMILES string of the molecule is CNc1nc(Cc2cccc(Cl)c2F)nc2c1CCC2. The number of fused-ring (bicyclic) bond motifs is 1. The lowest BCUT2D eigenvalue weighted by atomic mass is 10.1. The van der Waals surface area contributed by atoms with Gasteiger partial charge in [0, 0.05) is 24.7 Å². The molecule has 1 N–H and O–H groups in total. The van der Waals surface area contributed by atoms with Crippen LogP contribution in [0.3, 0.4) is 0 Å². The number of rotatable bonds is 3. The molecule has 0 saturated heterocycles. The predicted molar refractivity (Wildman–Crippen MR) is 77.8 cm³/mol. The van der Waals surface area contributed by atoms with E-state index in [-0.39, 0.29) is 10.8 Å². The number of nitrogens with one attached hydrogen (secondary N) is 1. The molecule has 1 heterocycles. The molecule has 1 aromatic heterocycles. The highest BCUT2D eigenvalue weighted by Gasteiger charge is 2.19. The molecule has 0 atom stereocenters. The molecular formula is C15H15ClFN3. The van der Waals surface area contributed by atoms with Gasteiger partial charge < -0.3 is 5.32 Å². The number of aryl methyl sites for hydroxylation is 1. The highest BCUT2D eigenvalue weighted by Crippen LogP contribution is 2.27. The molecule has 1 aliphatic rings. The van der Waals surface area contributed by atoms with E-state index >= 15 is 0 Å². The van der Waals surface area contributed by atoms with Crippen molar-refractivity contribution in [2.24, 2.45) is 0 Å². The van der Waals surface area contributed by atoms with E-state index in [0.29, 0.717) is 17.8 Å². The predicted octanol–water partition coefficient (Wildman–Crippen LogP) is 3.39. The van der Waals surface area contributed by atoms with Crippen LogP contribution in [-0.4, -0.2) is 17.0 Å². The van der Waals surface area contributed by atoms with Crippen molar-refractivity contribution in [3.05, 3.63) is 51.7 Å². The summed E-state index contributed by atoms with van der Waals surface area (Å²) in [5.41, 5.74) is 2.81. The monoisotopic (exact) mass is 291 g/mol. The third-order valence-electron chi connectivity index (χ3n) is 3.60. The van der Waals surface area contributed by atoms with Gasteiger partial charge in [0.1, 0.15) is 17.5 Å². The van der Waals surface area contributed by atoms with Crippen LogP contribution in [0, 0.1) is 5.82 Å². The number of aromatic nitrogens is 2. The van der Waals surface area contributed by atoms with Gasteiger partial charge in [-0.3, -0.25) is 0 Å². The largest absolute Gasteiger partial charge is 0.373 e. The van der Waals surface area contributed by atoms with Crippen LogP contribution in [0.15, 0.2) is 18.2 Å². The van der Waals surface area contributed by atoms with Gasteiger partial charge in [0.15, 0.2) is 0 Å². The average molecular weight is 292 g/mol. The Bertz CT molecular complexity index is 658. The van der Waals surface area contributed by atoms with E-state index in [1.165, 1.54) is 5.56 Å². The summed E-state index contributed by atoms with van der Waals surface area (Å²) in [6.07, 6.45) is 3.44. The van der Waals surface area contributed by atoms with Crippen molar-refractivity contribution < 1.29 is 4.39 Å². The number of hydrogen-bond donors (Lipinski definition) is 1. The van der Waals surface area contributed by atoms with Crippen molar-refractivity contribution in [3.8, 4) is 0 Å². The molecule has 0 amide bonds. The summed E-state index contributed by atoms with van der Waals surface area (Å²) in [7, 11) is 1.85. The van der Waals surface area contributed by atoms with Crippen molar-refractivity contribution in [2.75, 3.05) is 12.4 Å². The van der Waals surface area contributed by atoms with Crippen molar-refractivity contribution in [1.82, 2.24) is 9.97 Å². The molecule has 0 fully saturated rings. The zero-order valence-electron chi connectivity index (χ0n) is 11.2. The highest BCUT2D eigenvalue weighted by molar-refractivity contribution is 6.30. The van der Waals surface area contributed by atoms with Gasteiger partial charge in [-0.15, -0.1) is 0 Å². The first-order valence-electron chi connectivity index (χ1n) is 6.68. The Morgan fingerprint density at radius 2 is 2.15 bits per heavy atom. The van der Waals surface area contributed by atoms with Crippen LogP contribution in [0.4, 0.5) is 10.2 Å². The molecule has 1 aromatic carbocycles. The average Bonchev–Trinajstić information content (AvgIpc) is 2.91. The molecule has 0 unspecified atom stereocenters. The second-order valence-electron chi connectivity index (χ2n) is 4.91. The maximum Gasteiger partial charge on any atom is 0.145 e. The second-order valence-corrected chi connectivity index (χ2v) is 5.31. The van der Waals surface area contributed by atoms with Crippen molar-refractivity contribution in [1.29, 1.82) is 0 Å². The van der Waals surface area contributed by atoms with E-state index in [2.05, 4.69) is 15.3 Å². The lowest BCUT2D eigenvalue weighted by Gasteiger charge is -2.10. The summed E-state index contributed by atoms with van der Waals surface area (Å²) in [5, 5.41) is 3.25. The van der Waals surface area contributed by atoms with E-state index in [9.17, 15) is 4.39 Å². The molecule has 0 saturated carbocycles. The molecule has 0 radical (unpaired) electrons. The second kappa shape index (κ2) is 5.37. The maximum absolute atomic E-state index is 13.9. The third-order valence-corrected chi connectivity index (χ3v) is 3.89. The Hall–Kier alpha value is -1.68. The molecule has 3 rings (SSSR count). The van der Waals surface area contributed by atoms with Crippen LogP contribution in [0.5, 0.6) is 0 Å². The van der Waals surface area contributed by atoms with Crippen LogP contribution in [-0.2, 0) is 19.3 Å². The summed E-state index contributed by atoms with van der Waals surface area (Å²) >= 11 is 5.80. The normalized spacial score (nSPS) is 13.3. The van der Waals surface area contributed by atoms with E-state index in [1.54, 1.807) is 18.2 Å². The van der Waals surface area contributed by atoms with Crippen LogP contribution in [0.25, 0.3) is 0 Å². The minimum absolute atomic E-state index is 0.137. The summed E-state index contributed by atoms with van der Waals surface area (Å²) in [6.45, 7) is 0. The van der Waals surface area contributed by atoms with Crippen molar-refractivity contribution in [2.45, 2.75) is 25.7 Å². The Kier molecular flexibility index (Phi) is 3.57. The first-order valence-corrected chi connectivity index (χ1v) is 7.06. The minimum atomic E-state index is -0.385. The van der Waals surface area contributed by atoms with Crippen LogP contribution < -0.4 is 5.32 Å². The Morgan fingerprint density at radius 3 is 2.95 bits per heavy atom. The Balaban J connectivity index is 1.97. The van der Waals surface area contributed by atoms with Gasteiger partial charge >= 0.3 is 0 Å². The Labute approximate surface area is 122 Å². The number of hydrogen-bond acceptors (Lipinski definition) is 3. The highest BCUT2D eigenvalue weighted by atomic mass is 35.5. The molecule has 20 heavy (non-hydrogen) atoms. The van der Waals surface area contributed by atoms with Gasteiger partial charge in [-0.1, -0.05) is 23.7 Å². The van der Waals surface area contributed by atoms with Crippen molar-refractivity contribution in [3.63, 3.8) is 0 Å². The molecule has 3 nitrogen and oxygen atoms in total. The minimum Gasteiger partial charge on any atom is -0.373 e. The van der Waals surface area contributed by atoms with Gasteiger partial charge in [-0.2, -0.15) is 0 Å². The quantitative estimate of drug-likeness (QED) is 0.942. The maximum atomic E-state index is 13.9. The lowest BCUT2D eigenvalue weighted by molar-refractivity contribution is 0.612. The molecule has 0 spiro atoms. The number of halogens is 2. The number of anilines is 1. The van der Waals surface area contributed by atoms with Crippen molar-refractivity contribution >= 4 is 17.4 Å². The summed E-state index contributed by atoms with van der Waals surface area (Å²) < 4.78 is 13.9. The van der Waals surface area contributed by atoms with Gasteiger partial charge in [0.05, 0.1) is 5.02 Å². The standard InChI is InChI=1S/C15H15ClFN3/c1-18-15-10-5-3-7-12(10)19-13(20-15)8-9-4-2-6-11(16)14(9)17/h2,4,6H,3,5,7-8H2,1H3,(H,18,19,20). The van der Waals surface area contributed by atoms with E-state index in [4.69, 9.17) is 11.6 Å². The zero-order valence-corrected chi connectivity index (χ0v) is 12.0.